The third-order valence-corrected chi connectivity index (χ3v) is 5.14. The molecule has 1 heterocycles. The zero-order valence-corrected chi connectivity index (χ0v) is 14.2. The van der Waals surface area contributed by atoms with Gasteiger partial charge in [-0.15, -0.1) is 0 Å². The maximum Gasteiger partial charge on any atom is 0.148 e. The van der Waals surface area contributed by atoms with E-state index >= 15 is 0 Å². The normalized spacial score (nSPS) is 22.6. The summed E-state index contributed by atoms with van der Waals surface area (Å²) >= 11 is 0. The van der Waals surface area contributed by atoms with Crippen molar-refractivity contribution in [1.29, 1.82) is 0 Å². The van der Waals surface area contributed by atoms with Crippen molar-refractivity contribution in [2.45, 2.75) is 19.1 Å². The molecule has 1 aliphatic rings. The van der Waals surface area contributed by atoms with Gasteiger partial charge in [0, 0.05) is 45.0 Å². The number of rotatable bonds is 6. The van der Waals surface area contributed by atoms with Crippen LogP contribution >= 0.6 is 0 Å². The van der Waals surface area contributed by atoms with Gasteiger partial charge < -0.3 is 5.11 Å². The van der Waals surface area contributed by atoms with Crippen LogP contribution in [0.5, 0.6) is 0 Å². The van der Waals surface area contributed by atoms with Crippen LogP contribution in [0.15, 0.2) is 30.3 Å². The van der Waals surface area contributed by atoms with Gasteiger partial charge >= 0.3 is 0 Å². The van der Waals surface area contributed by atoms with Crippen LogP contribution in [-0.4, -0.2) is 74.1 Å². The Balaban J connectivity index is 1.83. The minimum Gasteiger partial charge on any atom is -0.387 e. The molecule has 0 aromatic heterocycles. The summed E-state index contributed by atoms with van der Waals surface area (Å²) in [5, 5.41) is 10.3. The molecule has 22 heavy (non-hydrogen) atoms. The summed E-state index contributed by atoms with van der Waals surface area (Å²) in [5.74, 6) is 0.215. The van der Waals surface area contributed by atoms with Gasteiger partial charge in [0.05, 0.1) is 11.9 Å². The number of aliphatic hydroxyl groups excluding tert-OH is 1. The molecule has 1 fully saturated rings. The van der Waals surface area contributed by atoms with E-state index < -0.39 is 15.9 Å². The number of sulfone groups is 1. The van der Waals surface area contributed by atoms with Crippen LogP contribution < -0.4 is 0 Å². The van der Waals surface area contributed by atoms with Gasteiger partial charge in [-0.1, -0.05) is 30.3 Å². The summed E-state index contributed by atoms with van der Waals surface area (Å²) in [5.41, 5.74) is 0.939. The van der Waals surface area contributed by atoms with Crippen LogP contribution in [0, 0.1) is 0 Å². The Kier molecular flexibility index (Phi) is 5.97. The molecule has 0 unspecified atom stereocenters. The average molecular weight is 326 g/mol. The number of nitrogens with zero attached hydrogens (tertiary/aromatic N) is 2. The summed E-state index contributed by atoms with van der Waals surface area (Å²) in [6, 6.07) is 10.0. The monoisotopic (exact) mass is 326 g/mol. The average Bonchev–Trinajstić information content (AvgIpc) is 2.47. The first-order chi connectivity index (χ1) is 10.3. The summed E-state index contributed by atoms with van der Waals surface area (Å²) in [4.78, 5) is 4.46. The van der Waals surface area contributed by atoms with E-state index in [0.717, 1.165) is 25.2 Å². The molecule has 0 bridgehead atoms. The number of aliphatic hydroxyl groups is 1. The number of β-amino-alcohol motifs (C(OH)–C–C–N with tert-alkyl or cyclic N) is 1. The molecule has 0 spiro atoms. The first kappa shape index (κ1) is 17.4. The van der Waals surface area contributed by atoms with Gasteiger partial charge in [0.25, 0.3) is 0 Å². The molecule has 1 N–H and O–H groups in total. The summed E-state index contributed by atoms with van der Waals surface area (Å²) in [7, 11) is -2.90. The van der Waals surface area contributed by atoms with Crippen molar-refractivity contribution in [3.8, 4) is 0 Å². The standard InChI is InChI=1S/C16H26N2O3S/c1-14-12-17(10-11-22(2,20)21)8-9-18(14)13-16(19)15-6-4-3-5-7-15/h3-7,14,16,19H,8-13H2,1-2H3/t14-,16+/m0/s1. The SMILES string of the molecule is C[C@H]1CN(CCS(C)(=O)=O)CCN1C[C@@H](O)c1ccccc1. The molecule has 0 saturated carbocycles. The smallest absolute Gasteiger partial charge is 0.148 e. The van der Waals surface area contributed by atoms with Crippen LogP contribution in [0.3, 0.4) is 0 Å². The van der Waals surface area contributed by atoms with E-state index in [2.05, 4.69) is 16.7 Å². The van der Waals surface area contributed by atoms with Crippen LogP contribution in [0.4, 0.5) is 0 Å². The topological polar surface area (TPSA) is 60.9 Å². The Morgan fingerprint density at radius 2 is 1.95 bits per heavy atom. The van der Waals surface area contributed by atoms with Crippen molar-refractivity contribution in [3.63, 3.8) is 0 Å². The first-order valence-corrected chi connectivity index (χ1v) is 9.78. The van der Waals surface area contributed by atoms with Crippen molar-refractivity contribution < 1.29 is 13.5 Å². The molecule has 1 aliphatic heterocycles. The molecule has 1 aromatic rings. The van der Waals surface area contributed by atoms with Crippen LogP contribution in [-0.2, 0) is 9.84 Å². The zero-order chi connectivity index (χ0) is 16.2. The number of piperazine rings is 1. The van der Waals surface area contributed by atoms with E-state index in [1.165, 1.54) is 6.26 Å². The molecule has 0 radical (unpaired) electrons. The highest BCUT2D eigenvalue weighted by Gasteiger charge is 2.25. The molecule has 6 heteroatoms. The first-order valence-electron chi connectivity index (χ1n) is 7.72. The predicted octanol–water partition coefficient (Wildman–Crippen LogP) is 0.771. The third-order valence-electron chi connectivity index (χ3n) is 4.22. The van der Waals surface area contributed by atoms with Crippen molar-refractivity contribution in [1.82, 2.24) is 9.80 Å². The lowest BCUT2D eigenvalue weighted by molar-refractivity contribution is 0.0410. The molecule has 2 atom stereocenters. The van der Waals surface area contributed by atoms with E-state index in [-0.39, 0.29) is 5.75 Å². The molecule has 1 saturated heterocycles. The largest absolute Gasteiger partial charge is 0.387 e. The summed E-state index contributed by atoms with van der Waals surface area (Å²) in [6.45, 7) is 5.89. The molecule has 0 amide bonds. The fraction of sp³-hybridized carbons (Fsp3) is 0.625. The van der Waals surface area contributed by atoms with Gasteiger partial charge in [-0.25, -0.2) is 8.42 Å². The molecule has 1 aromatic carbocycles. The van der Waals surface area contributed by atoms with Crippen LogP contribution in [0.25, 0.3) is 0 Å². The van der Waals surface area contributed by atoms with Gasteiger partial charge in [0.15, 0.2) is 0 Å². The molecular formula is C16H26N2O3S. The van der Waals surface area contributed by atoms with Crippen molar-refractivity contribution in [3.05, 3.63) is 35.9 Å². The number of hydrogen-bond acceptors (Lipinski definition) is 5. The third kappa shape index (κ3) is 5.35. The molecule has 2 rings (SSSR count). The van der Waals surface area contributed by atoms with Gasteiger partial charge in [-0.2, -0.15) is 0 Å². The maximum atomic E-state index is 11.3. The van der Waals surface area contributed by atoms with E-state index in [0.29, 0.717) is 19.1 Å². The van der Waals surface area contributed by atoms with Gasteiger partial charge in [-0.05, 0) is 12.5 Å². The summed E-state index contributed by atoms with van der Waals surface area (Å²) < 4.78 is 22.5. The highest BCUT2D eigenvalue weighted by atomic mass is 32.2. The Labute approximate surface area is 133 Å². The Morgan fingerprint density at radius 3 is 2.55 bits per heavy atom. The Morgan fingerprint density at radius 1 is 1.27 bits per heavy atom. The van der Waals surface area contributed by atoms with Crippen molar-refractivity contribution >= 4 is 9.84 Å². The molecular weight excluding hydrogens is 300 g/mol. The lowest BCUT2D eigenvalue weighted by Crippen LogP contribution is -2.53. The number of hydrogen-bond donors (Lipinski definition) is 1. The quantitative estimate of drug-likeness (QED) is 0.837. The van der Waals surface area contributed by atoms with Gasteiger partial charge in [0.1, 0.15) is 9.84 Å². The summed E-state index contributed by atoms with van der Waals surface area (Å²) in [6.07, 6.45) is 0.800. The van der Waals surface area contributed by atoms with Crippen LogP contribution in [0.1, 0.15) is 18.6 Å². The fourth-order valence-corrected chi connectivity index (χ4v) is 3.43. The van der Waals surface area contributed by atoms with Gasteiger partial charge in [0.2, 0.25) is 0 Å². The highest BCUT2D eigenvalue weighted by molar-refractivity contribution is 7.90. The van der Waals surface area contributed by atoms with E-state index in [1.54, 1.807) is 0 Å². The minimum atomic E-state index is -2.90. The van der Waals surface area contributed by atoms with Gasteiger partial charge in [-0.3, -0.25) is 9.80 Å². The minimum absolute atomic E-state index is 0.215. The Hall–Kier alpha value is -0.950. The van der Waals surface area contributed by atoms with E-state index in [4.69, 9.17) is 0 Å². The fourth-order valence-electron chi connectivity index (χ4n) is 2.84. The molecule has 0 aliphatic carbocycles. The van der Waals surface area contributed by atoms with Crippen LogP contribution in [0.2, 0.25) is 0 Å². The maximum absolute atomic E-state index is 11.3. The lowest BCUT2D eigenvalue weighted by atomic mass is 10.1. The Bertz CT molecular complexity index is 562. The van der Waals surface area contributed by atoms with E-state index in [1.807, 2.05) is 30.3 Å². The number of benzene rings is 1. The van der Waals surface area contributed by atoms with E-state index in [9.17, 15) is 13.5 Å². The highest BCUT2D eigenvalue weighted by Crippen LogP contribution is 2.17. The van der Waals surface area contributed by atoms with Crippen molar-refractivity contribution in [2.24, 2.45) is 0 Å². The zero-order valence-electron chi connectivity index (χ0n) is 13.4. The predicted molar refractivity (Wildman–Crippen MR) is 88.6 cm³/mol. The lowest BCUT2D eigenvalue weighted by Gasteiger charge is -2.40. The second-order valence-corrected chi connectivity index (χ2v) is 8.46. The second-order valence-electron chi connectivity index (χ2n) is 6.20. The van der Waals surface area contributed by atoms with Crippen molar-refractivity contribution in [2.75, 3.05) is 44.7 Å². The molecule has 5 nitrogen and oxygen atoms in total. The molecule has 124 valence electrons. The second kappa shape index (κ2) is 7.55.